The summed E-state index contributed by atoms with van der Waals surface area (Å²) in [4.78, 5) is 34.2. The maximum Gasteiger partial charge on any atom is 0.243 e. The molecule has 0 aromatic heterocycles. The van der Waals surface area contributed by atoms with Crippen LogP contribution < -0.4 is 16.0 Å². The standard InChI is InChI=1S/C14H17N3O3/c18-12-7-6-11(17-12)14(20)16-9-13(19)15-8-10-4-2-1-3-5-10/h1-5,11H,6-9H2,(H,15,19)(H,16,20)(H,17,18). The Balaban J connectivity index is 1.67. The molecule has 1 fully saturated rings. The zero-order valence-electron chi connectivity index (χ0n) is 11.0. The molecule has 6 nitrogen and oxygen atoms in total. The zero-order valence-corrected chi connectivity index (χ0v) is 11.0. The van der Waals surface area contributed by atoms with E-state index < -0.39 is 6.04 Å². The molecule has 1 heterocycles. The highest BCUT2D eigenvalue weighted by Gasteiger charge is 2.27. The molecule has 20 heavy (non-hydrogen) atoms. The van der Waals surface area contributed by atoms with Crippen LogP contribution in [-0.4, -0.2) is 30.3 Å². The topological polar surface area (TPSA) is 87.3 Å². The first-order chi connectivity index (χ1) is 9.65. The molecule has 1 atom stereocenters. The lowest BCUT2D eigenvalue weighted by molar-refractivity contribution is -0.128. The molecule has 2 rings (SSSR count). The lowest BCUT2D eigenvalue weighted by Crippen LogP contribution is -2.45. The van der Waals surface area contributed by atoms with Gasteiger partial charge in [-0.1, -0.05) is 30.3 Å². The molecule has 1 aliphatic heterocycles. The van der Waals surface area contributed by atoms with Crippen LogP contribution >= 0.6 is 0 Å². The van der Waals surface area contributed by atoms with Gasteiger partial charge in [0, 0.05) is 13.0 Å². The predicted octanol–water partition coefficient (Wildman–Crippen LogP) is -0.302. The Morgan fingerprint density at radius 2 is 1.95 bits per heavy atom. The van der Waals surface area contributed by atoms with Gasteiger partial charge in [-0.3, -0.25) is 14.4 Å². The van der Waals surface area contributed by atoms with Crippen molar-refractivity contribution in [2.24, 2.45) is 0 Å². The van der Waals surface area contributed by atoms with E-state index in [9.17, 15) is 14.4 Å². The Morgan fingerprint density at radius 3 is 2.60 bits per heavy atom. The number of hydrogen-bond donors (Lipinski definition) is 3. The van der Waals surface area contributed by atoms with Crippen LogP contribution in [0.2, 0.25) is 0 Å². The van der Waals surface area contributed by atoms with Crippen molar-refractivity contribution in [3.8, 4) is 0 Å². The molecule has 1 aromatic rings. The molecule has 1 unspecified atom stereocenters. The van der Waals surface area contributed by atoms with E-state index in [-0.39, 0.29) is 24.3 Å². The van der Waals surface area contributed by atoms with Crippen molar-refractivity contribution >= 4 is 17.7 Å². The van der Waals surface area contributed by atoms with Crippen LogP contribution in [0.3, 0.4) is 0 Å². The van der Waals surface area contributed by atoms with Gasteiger partial charge in [0.15, 0.2) is 0 Å². The fourth-order valence-electron chi connectivity index (χ4n) is 1.96. The van der Waals surface area contributed by atoms with Crippen LogP contribution in [0, 0.1) is 0 Å². The number of carbonyl (C=O) groups is 3. The SMILES string of the molecule is O=C(CNC(=O)C1CCC(=O)N1)NCc1ccccc1. The Morgan fingerprint density at radius 1 is 1.20 bits per heavy atom. The molecule has 3 amide bonds. The maximum absolute atomic E-state index is 11.7. The third-order valence-corrected chi connectivity index (χ3v) is 3.07. The average Bonchev–Trinajstić information content (AvgIpc) is 2.90. The highest BCUT2D eigenvalue weighted by Crippen LogP contribution is 2.05. The molecule has 0 radical (unpaired) electrons. The first-order valence-electron chi connectivity index (χ1n) is 6.53. The van der Waals surface area contributed by atoms with E-state index in [4.69, 9.17) is 0 Å². The van der Waals surface area contributed by atoms with Crippen LogP contribution in [-0.2, 0) is 20.9 Å². The molecule has 1 aliphatic rings. The molecule has 0 aliphatic carbocycles. The largest absolute Gasteiger partial charge is 0.350 e. The van der Waals surface area contributed by atoms with Crippen molar-refractivity contribution < 1.29 is 14.4 Å². The Kier molecular flexibility index (Phi) is 4.70. The molecule has 1 saturated heterocycles. The molecule has 3 N–H and O–H groups in total. The number of amides is 3. The molecule has 6 heteroatoms. The number of benzene rings is 1. The maximum atomic E-state index is 11.7. The summed E-state index contributed by atoms with van der Waals surface area (Å²) in [5.41, 5.74) is 0.996. The minimum Gasteiger partial charge on any atom is -0.350 e. The number of carbonyl (C=O) groups excluding carboxylic acids is 3. The summed E-state index contributed by atoms with van der Waals surface area (Å²) in [5.74, 6) is -0.698. The summed E-state index contributed by atoms with van der Waals surface area (Å²) in [6.45, 7) is 0.341. The fraction of sp³-hybridized carbons (Fsp3) is 0.357. The molecule has 1 aromatic carbocycles. The fourth-order valence-corrected chi connectivity index (χ4v) is 1.96. The van der Waals surface area contributed by atoms with Crippen molar-refractivity contribution in [2.45, 2.75) is 25.4 Å². The highest BCUT2D eigenvalue weighted by atomic mass is 16.2. The summed E-state index contributed by atoms with van der Waals surface area (Å²) in [7, 11) is 0. The molecular weight excluding hydrogens is 258 g/mol. The Hall–Kier alpha value is -2.37. The average molecular weight is 275 g/mol. The van der Waals surface area contributed by atoms with Gasteiger partial charge in [0.25, 0.3) is 0 Å². The second kappa shape index (κ2) is 6.70. The molecule has 0 saturated carbocycles. The summed E-state index contributed by atoms with van der Waals surface area (Å²) < 4.78 is 0. The Labute approximate surface area is 116 Å². The minimum atomic E-state index is -0.510. The highest BCUT2D eigenvalue weighted by molar-refractivity contribution is 5.92. The van der Waals surface area contributed by atoms with Gasteiger partial charge in [-0.2, -0.15) is 0 Å². The van der Waals surface area contributed by atoms with Crippen molar-refractivity contribution in [2.75, 3.05) is 6.54 Å². The van der Waals surface area contributed by atoms with Crippen molar-refractivity contribution in [3.05, 3.63) is 35.9 Å². The molecular formula is C14H17N3O3. The van der Waals surface area contributed by atoms with E-state index in [1.165, 1.54) is 0 Å². The smallest absolute Gasteiger partial charge is 0.243 e. The van der Waals surface area contributed by atoms with Crippen LogP contribution in [0.25, 0.3) is 0 Å². The van der Waals surface area contributed by atoms with Gasteiger partial charge in [0.05, 0.1) is 6.54 Å². The summed E-state index contributed by atoms with van der Waals surface area (Å²) in [6, 6.07) is 9.00. The van der Waals surface area contributed by atoms with Gasteiger partial charge in [0.1, 0.15) is 6.04 Å². The van der Waals surface area contributed by atoms with Gasteiger partial charge in [-0.25, -0.2) is 0 Å². The van der Waals surface area contributed by atoms with Crippen molar-refractivity contribution in [1.29, 1.82) is 0 Å². The molecule has 0 spiro atoms. The van der Waals surface area contributed by atoms with E-state index in [2.05, 4.69) is 16.0 Å². The summed E-state index contributed by atoms with van der Waals surface area (Å²) in [5, 5.41) is 7.78. The number of hydrogen-bond acceptors (Lipinski definition) is 3. The molecule has 106 valence electrons. The quantitative estimate of drug-likeness (QED) is 0.689. The van der Waals surface area contributed by atoms with Crippen LogP contribution in [0.15, 0.2) is 30.3 Å². The third-order valence-electron chi connectivity index (χ3n) is 3.07. The lowest BCUT2D eigenvalue weighted by atomic mass is 10.2. The van der Waals surface area contributed by atoms with Gasteiger partial charge >= 0.3 is 0 Å². The van der Waals surface area contributed by atoms with Crippen LogP contribution in [0.1, 0.15) is 18.4 Å². The number of nitrogens with one attached hydrogen (secondary N) is 3. The van der Waals surface area contributed by atoms with E-state index >= 15 is 0 Å². The summed E-state index contributed by atoms with van der Waals surface area (Å²) >= 11 is 0. The van der Waals surface area contributed by atoms with Gasteiger partial charge in [0.2, 0.25) is 17.7 Å². The first-order valence-corrected chi connectivity index (χ1v) is 6.53. The van der Waals surface area contributed by atoms with E-state index in [1.807, 2.05) is 30.3 Å². The predicted molar refractivity (Wildman–Crippen MR) is 72.5 cm³/mol. The second-order valence-electron chi connectivity index (χ2n) is 4.64. The van der Waals surface area contributed by atoms with Crippen LogP contribution in [0.5, 0.6) is 0 Å². The minimum absolute atomic E-state index is 0.0853. The van der Waals surface area contributed by atoms with Crippen LogP contribution in [0.4, 0.5) is 0 Å². The van der Waals surface area contributed by atoms with E-state index in [0.717, 1.165) is 5.56 Å². The van der Waals surface area contributed by atoms with Crippen molar-refractivity contribution in [1.82, 2.24) is 16.0 Å². The monoisotopic (exact) mass is 275 g/mol. The third kappa shape index (κ3) is 4.08. The second-order valence-corrected chi connectivity index (χ2v) is 4.64. The molecule has 0 bridgehead atoms. The van der Waals surface area contributed by atoms with Gasteiger partial charge < -0.3 is 16.0 Å². The summed E-state index contributed by atoms with van der Waals surface area (Å²) in [6.07, 6.45) is 0.842. The van der Waals surface area contributed by atoms with Gasteiger partial charge in [-0.05, 0) is 12.0 Å². The normalized spacial score (nSPS) is 17.4. The van der Waals surface area contributed by atoms with E-state index in [1.54, 1.807) is 0 Å². The van der Waals surface area contributed by atoms with Crippen molar-refractivity contribution in [3.63, 3.8) is 0 Å². The zero-order chi connectivity index (χ0) is 14.4. The lowest BCUT2D eigenvalue weighted by Gasteiger charge is -2.11. The van der Waals surface area contributed by atoms with E-state index in [0.29, 0.717) is 19.4 Å². The first kappa shape index (κ1) is 14.0. The number of rotatable bonds is 5. The van der Waals surface area contributed by atoms with Gasteiger partial charge in [-0.15, -0.1) is 0 Å². The Bertz CT molecular complexity index is 502.